The zero-order valence-electron chi connectivity index (χ0n) is 10.2. The normalized spacial score (nSPS) is 11.9. The van der Waals surface area contributed by atoms with Crippen molar-refractivity contribution in [3.63, 3.8) is 0 Å². The van der Waals surface area contributed by atoms with Crippen LogP contribution >= 0.6 is 27.7 Å². The predicted octanol–water partition coefficient (Wildman–Crippen LogP) is 3.80. The Morgan fingerprint density at radius 2 is 2.19 bits per heavy atom. The fraction of sp³-hybridized carbons (Fsp3) is 0.200. The molecule has 1 aromatic carbocycles. The molecular weight excluding hydrogens is 377 g/mol. The van der Waals surface area contributed by atoms with Gasteiger partial charge in [-0.05, 0) is 28.3 Å². The minimum absolute atomic E-state index is 0.0149. The molecule has 0 aromatic heterocycles. The number of alkyl halides is 3. The highest BCUT2D eigenvalue weighted by atomic mass is 79.9. The molecule has 1 rings (SSSR count). The quantitative estimate of drug-likeness (QED) is 0.210. The molecule has 0 atom stereocenters. The maximum absolute atomic E-state index is 12.7. The van der Waals surface area contributed by atoms with E-state index >= 15 is 0 Å². The Morgan fingerprint density at radius 3 is 2.62 bits per heavy atom. The Hall–Kier alpha value is -1.80. The van der Waals surface area contributed by atoms with Crippen molar-refractivity contribution in [3.8, 4) is 6.19 Å². The molecule has 21 heavy (non-hydrogen) atoms. The summed E-state index contributed by atoms with van der Waals surface area (Å²) in [5.74, 6) is 0. The third-order valence-electron chi connectivity index (χ3n) is 2.14. The van der Waals surface area contributed by atoms with E-state index in [1.54, 1.807) is 12.4 Å². The van der Waals surface area contributed by atoms with E-state index in [2.05, 4.69) is 26.2 Å². The molecule has 112 valence electrons. The fourth-order valence-corrected chi connectivity index (χ4v) is 2.14. The number of nitrogens with zero attached hydrogens (tertiary/aromatic N) is 3. The van der Waals surface area contributed by atoms with Gasteiger partial charge >= 0.3 is 6.18 Å². The maximum Gasteiger partial charge on any atom is 0.416 e. The van der Waals surface area contributed by atoms with Crippen LogP contribution in [0.25, 0.3) is 0 Å². The van der Waals surface area contributed by atoms with Crippen LogP contribution in [-0.2, 0) is 6.18 Å². The topological polar surface area (TPSA) is 91.3 Å². The second kappa shape index (κ2) is 6.77. The van der Waals surface area contributed by atoms with Crippen LogP contribution in [0.2, 0.25) is 0 Å². The van der Waals surface area contributed by atoms with Gasteiger partial charge in [-0.25, -0.2) is 4.99 Å². The molecule has 0 aliphatic heterocycles. The number of thioether (sulfide) groups is 1. The van der Waals surface area contributed by atoms with E-state index in [4.69, 9.17) is 5.26 Å². The minimum atomic E-state index is -4.72. The van der Waals surface area contributed by atoms with Crippen LogP contribution in [0.1, 0.15) is 5.56 Å². The van der Waals surface area contributed by atoms with E-state index in [9.17, 15) is 23.3 Å². The second-order valence-electron chi connectivity index (χ2n) is 3.44. The molecular formula is C10H6BrF3N4O2S. The fourth-order valence-electron chi connectivity index (χ4n) is 1.27. The van der Waals surface area contributed by atoms with Gasteiger partial charge in [-0.2, -0.15) is 18.4 Å². The molecule has 0 heterocycles. The lowest BCUT2D eigenvalue weighted by Gasteiger charge is -2.09. The Balaban J connectivity index is 3.53. The first-order valence-corrected chi connectivity index (χ1v) is 7.05. The lowest BCUT2D eigenvalue weighted by molar-refractivity contribution is -0.384. The molecule has 0 bridgehead atoms. The SMILES string of the molecule is CSC(=Nc1c(Br)cc(C(F)(F)F)cc1[N+](=O)[O-])NC#N. The first kappa shape index (κ1) is 17.3. The molecule has 0 radical (unpaired) electrons. The van der Waals surface area contributed by atoms with Gasteiger partial charge in [0.1, 0.15) is 0 Å². The van der Waals surface area contributed by atoms with E-state index in [1.807, 2.05) is 0 Å². The van der Waals surface area contributed by atoms with E-state index in [-0.39, 0.29) is 15.3 Å². The molecule has 1 aromatic rings. The van der Waals surface area contributed by atoms with Gasteiger partial charge in [-0.1, -0.05) is 11.8 Å². The molecule has 0 unspecified atom stereocenters. The number of nitriles is 1. The first-order valence-electron chi connectivity index (χ1n) is 5.03. The third-order valence-corrected chi connectivity index (χ3v) is 3.32. The van der Waals surface area contributed by atoms with Crippen LogP contribution < -0.4 is 5.32 Å². The summed E-state index contributed by atoms with van der Waals surface area (Å²) in [6, 6.07) is 1.09. The maximum atomic E-state index is 12.7. The summed E-state index contributed by atoms with van der Waals surface area (Å²) in [6.07, 6.45) is -1.59. The van der Waals surface area contributed by atoms with E-state index in [1.165, 1.54) is 0 Å². The lowest BCUT2D eigenvalue weighted by Crippen LogP contribution is -2.13. The van der Waals surface area contributed by atoms with Crippen molar-refractivity contribution in [2.24, 2.45) is 4.99 Å². The molecule has 0 aliphatic rings. The average molecular weight is 383 g/mol. The molecule has 0 saturated carbocycles. The number of amidine groups is 1. The zero-order valence-corrected chi connectivity index (χ0v) is 12.6. The first-order chi connectivity index (χ1) is 9.70. The smallest absolute Gasteiger partial charge is 0.271 e. The standard InChI is InChI=1S/C10H6BrF3N4O2S/c1-21-9(16-4-15)17-8-6(11)2-5(10(12,13)14)3-7(8)18(19)20/h2-3H,1H3,(H,16,17). The highest BCUT2D eigenvalue weighted by Gasteiger charge is 2.34. The molecule has 0 amide bonds. The van der Waals surface area contributed by atoms with Gasteiger partial charge in [0.25, 0.3) is 5.69 Å². The number of nitrogens with one attached hydrogen (secondary N) is 1. The van der Waals surface area contributed by atoms with E-state index < -0.39 is 22.4 Å². The average Bonchev–Trinajstić information content (AvgIpc) is 2.38. The summed E-state index contributed by atoms with van der Waals surface area (Å²) in [6.45, 7) is 0. The van der Waals surface area contributed by atoms with E-state index in [0.717, 1.165) is 11.8 Å². The van der Waals surface area contributed by atoms with Crippen molar-refractivity contribution in [2.75, 3.05) is 6.26 Å². The Labute approximate surface area is 129 Å². The number of rotatable bonds is 2. The van der Waals surface area contributed by atoms with Gasteiger partial charge in [-0.15, -0.1) is 0 Å². The van der Waals surface area contributed by atoms with Gasteiger partial charge in [0, 0.05) is 6.07 Å². The summed E-state index contributed by atoms with van der Waals surface area (Å²) in [7, 11) is 0. The summed E-state index contributed by atoms with van der Waals surface area (Å²) < 4.78 is 37.8. The Kier molecular flexibility index (Phi) is 5.56. The number of nitro benzene ring substituents is 1. The van der Waals surface area contributed by atoms with E-state index in [0.29, 0.717) is 12.1 Å². The molecule has 1 N–H and O–H groups in total. The van der Waals surface area contributed by atoms with Crippen LogP contribution in [0.4, 0.5) is 24.5 Å². The van der Waals surface area contributed by atoms with Crippen molar-refractivity contribution in [1.82, 2.24) is 5.32 Å². The second-order valence-corrected chi connectivity index (χ2v) is 5.09. The summed E-state index contributed by atoms with van der Waals surface area (Å²) in [4.78, 5) is 13.8. The van der Waals surface area contributed by atoms with Gasteiger partial charge in [0.15, 0.2) is 17.0 Å². The molecule has 6 nitrogen and oxygen atoms in total. The van der Waals surface area contributed by atoms with Gasteiger partial charge in [-0.3, -0.25) is 15.4 Å². The van der Waals surface area contributed by atoms with Crippen LogP contribution in [0.5, 0.6) is 0 Å². The monoisotopic (exact) mass is 382 g/mol. The molecule has 0 spiro atoms. The summed E-state index contributed by atoms with van der Waals surface area (Å²) in [5.41, 5.74) is -2.29. The number of aliphatic imine (C=N–C) groups is 1. The Morgan fingerprint density at radius 1 is 1.57 bits per heavy atom. The molecule has 0 aliphatic carbocycles. The van der Waals surface area contributed by atoms with Crippen LogP contribution in [0.15, 0.2) is 21.6 Å². The number of halogens is 4. The van der Waals surface area contributed by atoms with Gasteiger partial charge in [0.2, 0.25) is 0 Å². The van der Waals surface area contributed by atoms with Crippen molar-refractivity contribution in [3.05, 3.63) is 32.3 Å². The number of hydrogen-bond acceptors (Lipinski definition) is 5. The number of benzene rings is 1. The highest BCUT2D eigenvalue weighted by Crippen LogP contribution is 2.41. The predicted molar refractivity (Wildman–Crippen MR) is 75.2 cm³/mol. The van der Waals surface area contributed by atoms with Crippen molar-refractivity contribution in [2.45, 2.75) is 6.18 Å². The molecule has 11 heteroatoms. The zero-order chi connectivity index (χ0) is 16.2. The minimum Gasteiger partial charge on any atom is -0.271 e. The van der Waals surface area contributed by atoms with Crippen molar-refractivity contribution >= 4 is 44.2 Å². The van der Waals surface area contributed by atoms with Crippen LogP contribution in [-0.4, -0.2) is 16.3 Å². The van der Waals surface area contributed by atoms with Gasteiger partial charge < -0.3 is 0 Å². The summed E-state index contributed by atoms with van der Waals surface area (Å²) >= 11 is 3.82. The molecule has 0 saturated heterocycles. The summed E-state index contributed by atoms with van der Waals surface area (Å²) in [5, 5.41) is 21.6. The highest BCUT2D eigenvalue weighted by molar-refractivity contribution is 9.10. The Bertz CT molecular complexity index is 642. The number of hydrogen-bond donors (Lipinski definition) is 1. The largest absolute Gasteiger partial charge is 0.416 e. The van der Waals surface area contributed by atoms with Crippen LogP contribution in [0.3, 0.4) is 0 Å². The number of nitro groups is 1. The third kappa shape index (κ3) is 4.33. The lowest BCUT2D eigenvalue weighted by atomic mass is 10.1. The van der Waals surface area contributed by atoms with Crippen LogP contribution in [0, 0.1) is 21.6 Å². The van der Waals surface area contributed by atoms with Crippen molar-refractivity contribution < 1.29 is 18.1 Å². The van der Waals surface area contributed by atoms with Crippen molar-refractivity contribution in [1.29, 1.82) is 5.26 Å². The van der Waals surface area contributed by atoms with Gasteiger partial charge in [0.05, 0.1) is 15.0 Å². The molecule has 0 fully saturated rings.